The van der Waals surface area contributed by atoms with Gasteiger partial charge in [0, 0.05) is 11.5 Å². The average molecular weight is 480 g/mol. The van der Waals surface area contributed by atoms with Crippen LogP contribution in [0.15, 0.2) is 12.1 Å². The first-order chi connectivity index (χ1) is 13.9. The van der Waals surface area contributed by atoms with Crippen LogP contribution < -0.4 is 9.74 Å². The molecule has 31 heavy (non-hydrogen) atoms. The van der Waals surface area contributed by atoms with Gasteiger partial charge in [-0.15, -0.1) is 0 Å². The molecule has 176 valence electrons. The van der Waals surface area contributed by atoms with E-state index in [4.69, 9.17) is 16.0 Å². The third kappa shape index (κ3) is 6.03. The van der Waals surface area contributed by atoms with Gasteiger partial charge in [-0.25, -0.2) is 0 Å². The fraction of sp³-hybridized carbons (Fsp3) is 0.636. The Morgan fingerprint density at radius 2 is 1.42 bits per heavy atom. The molecule has 1 N–H and O–H groups in total. The average Bonchev–Trinajstić information content (AvgIpc) is 2.58. The van der Waals surface area contributed by atoms with Gasteiger partial charge in [-0.3, -0.25) is 9.59 Å². The zero-order chi connectivity index (χ0) is 24.5. The molecule has 0 bridgehead atoms. The highest BCUT2D eigenvalue weighted by atomic mass is 35.5. The van der Waals surface area contributed by atoms with Crippen molar-refractivity contribution in [2.45, 2.75) is 85.1 Å². The number of nitrogens with one attached hydrogen (secondary N) is 1. The van der Waals surface area contributed by atoms with E-state index in [2.05, 4.69) is 46.9 Å². The highest BCUT2D eigenvalue weighted by Gasteiger charge is 2.48. The van der Waals surface area contributed by atoms with Crippen LogP contribution in [-0.4, -0.2) is 26.2 Å². The summed E-state index contributed by atoms with van der Waals surface area (Å²) in [6.45, 7) is 17.2. The molecule has 1 rings (SSSR count). The summed E-state index contributed by atoms with van der Waals surface area (Å²) < 4.78 is 46.0. The Hall–Kier alpha value is -1.54. The van der Waals surface area contributed by atoms with E-state index in [1.165, 1.54) is 6.07 Å². The van der Waals surface area contributed by atoms with Crippen molar-refractivity contribution in [1.82, 2.24) is 0 Å². The molecule has 0 fully saturated rings. The minimum atomic E-state index is -5.11. The lowest BCUT2D eigenvalue weighted by Crippen LogP contribution is -2.50. The third-order valence-corrected chi connectivity index (χ3v) is 11.8. The van der Waals surface area contributed by atoms with Crippen LogP contribution in [0.3, 0.4) is 0 Å². The van der Waals surface area contributed by atoms with E-state index in [0.29, 0.717) is 0 Å². The predicted octanol–water partition coefficient (Wildman–Crippen LogP) is 7.62. The van der Waals surface area contributed by atoms with Crippen molar-refractivity contribution in [2.24, 2.45) is 5.41 Å². The Labute approximate surface area is 189 Å². The Kier molecular flexibility index (Phi) is 8.45. The number of alkyl halides is 3. The lowest BCUT2D eigenvalue weighted by Gasteiger charge is -2.42. The molecule has 0 spiro atoms. The van der Waals surface area contributed by atoms with Gasteiger partial charge in [0.2, 0.25) is 5.91 Å². The summed E-state index contributed by atoms with van der Waals surface area (Å²) in [6.07, 6.45) is -5.11. The Balaban J connectivity index is 3.69. The van der Waals surface area contributed by atoms with E-state index in [1.54, 1.807) is 20.8 Å². The molecule has 1 amide bonds. The Morgan fingerprint density at radius 1 is 0.968 bits per heavy atom. The van der Waals surface area contributed by atoms with E-state index < -0.39 is 37.2 Å². The molecule has 1 aromatic carbocycles. The highest BCUT2D eigenvalue weighted by molar-refractivity contribution is 6.78. The fourth-order valence-corrected chi connectivity index (χ4v) is 9.45. The number of anilines is 1. The maximum Gasteiger partial charge on any atom is 0.454 e. The molecule has 0 atom stereocenters. The number of Topliss-reactive ketones (excluding diaryl/α,β-unsaturated/α-hetero) is 1. The number of benzene rings is 1. The van der Waals surface area contributed by atoms with Gasteiger partial charge >= 0.3 is 6.18 Å². The molecule has 0 saturated heterocycles. The lowest BCUT2D eigenvalue weighted by molar-refractivity contribution is -0.123. The molecule has 9 heteroatoms. The minimum absolute atomic E-state index is 0.0971. The second-order valence-electron chi connectivity index (χ2n) is 9.78. The quantitative estimate of drug-likeness (QED) is 0.323. The topological polar surface area (TPSA) is 55.4 Å². The van der Waals surface area contributed by atoms with Gasteiger partial charge in [0.15, 0.2) is 0 Å². The molecule has 0 saturated carbocycles. The summed E-state index contributed by atoms with van der Waals surface area (Å²) in [7, 11) is -2.48. The third-order valence-electron chi connectivity index (χ3n) is 5.50. The van der Waals surface area contributed by atoms with Crippen LogP contribution in [0.4, 0.5) is 18.9 Å². The zero-order valence-electron chi connectivity index (χ0n) is 19.6. The van der Waals surface area contributed by atoms with E-state index in [0.717, 1.165) is 6.07 Å². The van der Waals surface area contributed by atoms with Crippen LogP contribution in [0, 0.1) is 5.41 Å². The Bertz CT molecular complexity index is 809. The second kappa shape index (κ2) is 9.53. The first-order valence-electron chi connectivity index (χ1n) is 10.3. The number of hydrogen-bond donors (Lipinski definition) is 1. The molecular weight excluding hydrogens is 447 g/mol. The van der Waals surface area contributed by atoms with Gasteiger partial charge in [0.25, 0.3) is 14.1 Å². The molecule has 1 aromatic rings. The van der Waals surface area contributed by atoms with Crippen molar-refractivity contribution in [1.29, 1.82) is 0 Å². The van der Waals surface area contributed by atoms with Gasteiger partial charge < -0.3 is 9.74 Å². The minimum Gasteiger partial charge on any atom is -0.542 e. The number of rotatable bonds is 7. The van der Waals surface area contributed by atoms with Gasteiger partial charge in [-0.05, 0) is 22.7 Å². The summed E-state index contributed by atoms with van der Waals surface area (Å²) in [6, 6.07) is 2.19. The first-order valence-corrected chi connectivity index (χ1v) is 12.8. The van der Waals surface area contributed by atoms with E-state index >= 15 is 0 Å². The number of hydrogen-bond acceptors (Lipinski definition) is 3. The van der Waals surface area contributed by atoms with Gasteiger partial charge in [0.1, 0.15) is 5.75 Å². The molecule has 0 aromatic heterocycles. The molecular formula is C22H33ClF3NO3Si. The molecule has 0 radical (unpaired) electrons. The van der Waals surface area contributed by atoms with E-state index in [1.807, 2.05) is 0 Å². The van der Waals surface area contributed by atoms with Crippen molar-refractivity contribution in [3.05, 3.63) is 22.7 Å². The summed E-state index contributed by atoms with van der Waals surface area (Å²) >= 11 is 6.31. The second-order valence-corrected chi connectivity index (χ2v) is 15.6. The highest BCUT2D eigenvalue weighted by Crippen LogP contribution is 2.45. The number of carbonyl (C=O) groups excluding carboxylic acids is 2. The van der Waals surface area contributed by atoms with Gasteiger partial charge in [0.05, 0.1) is 16.3 Å². The lowest BCUT2D eigenvalue weighted by atomic mass is 9.95. The molecule has 4 nitrogen and oxygen atoms in total. The van der Waals surface area contributed by atoms with E-state index in [9.17, 15) is 22.8 Å². The normalized spacial score (nSPS) is 13.2. The maximum atomic E-state index is 13.2. The largest absolute Gasteiger partial charge is 0.542 e. The van der Waals surface area contributed by atoms with Crippen molar-refractivity contribution in [3.63, 3.8) is 0 Å². The molecule has 0 unspecified atom stereocenters. The molecule has 0 heterocycles. The summed E-state index contributed by atoms with van der Waals surface area (Å²) in [5.74, 6) is -2.44. The van der Waals surface area contributed by atoms with Crippen molar-refractivity contribution >= 4 is 37.3 Å². The Morgan fingerprint density at radius 3 is 1.77 bits per heavy atom. The molecule has 0 aliphatic carbocycles. The van der Waals surface area contributed by atoms with Gasteiger partial charge in [-0.1, -0.05) is 73.9 Å². The van der Waals surface area contributed by atoms with E-state index in [-0.39, 0.29) is 33.1 Å². The van der Waals surface area contributed by atoms with Crippen molar-refractivity contribution in [3.8, 4) is 5.75 Å². The van der Waals surface area contributed by atoms with Crippen LogP contribution in [-0.2, 0) is 4.79 Å². The SMILES string of the molecule is CC(C)[Si](Oc1cc(NC(=O)C(C)(C)C)c(C(=O)C(F)(F)F)cc1Cl)(C(C)C)C(C)C. The fourth-order valence-electron chi connectivity index (χ4n) is 3.93. The number of amides is 1. The standard InChI is InChI=1S/C22H33ClF3NO3Si/c1-12(2)31(13(3)4,14(5)6)30-18-11-17(27-20(29)21(7,8)9)15(10-16(18)23)19(28)22(24,25)26/h10-14H,1-9H3,(H,27,29). The van der Waals surface area contributed by atoms with Crippen LogP contribution in [0.5, 0.6) is 5.75 Å². The van der Waals surface area contributed by atoms with Crippen molar-refractivity contribution in [2.75, 3.05) is 5.32 Å². The smallest absolute Gasteiger partial charge is 0.454 e. The predicted molar refractivity (Wildman–Crippen MR) is 122 cm³/mol. The van der Waals surface area contributed by atoms with Crippen molar-refractivity contribution < 1.29 is 27.2 Å². The summed E-state index contributed by atoms with van der Waals surface area (Å²) in [5, 5.41) is 2.36. The monoisotopic (exact) mass is 479 g/mol. The first kappa shape index (κ1) is 27.5. The summed E-state index contributed by atoms with van der Waals surface area (Å²) in [5.41, 5.74) is -1.30. The zero-order valence-corrected chi connectivity index (χ0v) is 21.4. The number of halogens is 4. The van der Waals surface area contributed by atoms with Gasteiger partial charge in [-0.2, -0.15) is 13.2 Å². The van der Waals surface area contributed by atoms with Crippen LogP contribution >= 0.6 is 11.6 Å². The van der Waals surface area contributed by atoms with Crippen LogP contribution in [0.1, 0.15) is 72.7 Å². The summed E-state index contributed by atoms with van der Waals surface area (Å²) in [4.78, 5) is 24.5. The molecule has 0 aliphatic heterocycles. The number of ketones is 1. The maximum absolute atomic E-state index is 13.2. The molecule has 0 aliphatic rings. The van der Waals surface area contributed by atoms with Crippen LogP contribution in [0.2, 0.25) is 21.6 Å². The van der Waals surface area contributed by atoms with Crippen LogP contribution in [0.25, 0.3) is 0 Å². The number of carbonyl (C=O) groups is 2.